The predicted octanol–water partition coefficient (Wildman–Crippen LogP) is 2.46. The fourth-order valence-corrected chi connectivity index (χ4v) is 1.90. The fourth-order valence-electron chi connectivity index (χ4n) is 1.90. The molecule has 0 bridgehead atoms. The van der Waals surface area contributed by atoms with Crippen LogP contribution in [0, 0.1) is 11.3 Å². The van der Waals surface area contributed by atoms with Crippen molar-refractivity contribution in [2.75, 3.05) is 0 Å². The van der Waals surface area contributed by atoms with Crippen molar-refractivity contribution in [1.29, 1.82) is 5.26 Å². The third-order valence-electron chi connectivity index (χ3n) is 2.93. The van der Waals surface area contributed by atoms with E-state index >= 15 is 0 Å². The quantitative estimate of drug-likeness (QED) is 0.671. The number of rotatable bonds is 3. The average Bonchev–Trinajstić information content (AvgIpc) is 2.53. The number of nitriles is 1. The van der Waals surface area contributed by atoms with Crippen LogP contribution < -0.4 is 11.1 Å². The van der Waals surface area contributed by atoms with Crippen molar-refractivity contribution in [1.82, 2.24) is 5.32 Å². The Labute approximate surface area is 127 Å². The predicted molar refractivity (Wildman–Crippen MR) is 83.2 cm³/mol. The summed E-state index contributed by atoms with van der Waals surface area (Å²) in [6.07, 6.45) is 1.40. The molecule has 5 heteroatoms. The van der Waals surface area contributed by atoms with E-state index in [1.165, 1.54) is 6.08 Å². The molecule has 0 fully saturated rings. The van der Waals surface area contributed by atoms with Crippen molar-refractivity contribution in [2.45, 2.75) is 0 Å². The van der Waals surface area contributed by atoms with Crippen LogP contribution in [0.4, 0.5) is 4.79 Å². The lowest BCUT2D eigenvalue weighted by Crippen LogP contribution is -2.35. The van der Waals surface area contributed by atoms with Crippen molar-refractivity contribution in [3.63, 3.8) is 0 Å². The Morgan fingerprint density at radius 3 is 2.14 bits per heavy atom. The summed E-state index contributed by atoms with van der Waals surface area (Å²) in [6, 6.07) is 17.9. The van der Waals surface area contributed by atoms with Gasteiger partial charge in [0, 0.05) is 0 Å². The Hall–Kier alpha value is -3.39. The van der Waals surface area contributed by atoms with E-state index < -0.39 is 11.9 Å². The molecule has 0 saturated carbocycles. The van der Waals surface area contributed by atoms with Gasteiger partial charge in [-0.1, -0.05) is 54.6 Å². The van der Waals surface area contributed by atoms with Crippen molar-refractivity contribution >= 4 is 18.0 Å². The number of nitrogens with one attached hydrogen (secondary N) is 1. The second kappa shape index (κ2) is 6.86. The number of nitrogens with zero attached hydrogens (tertiary/aromatic N) is 1. The molecule has 0 radical (unpaired) electrons. The maximum absolute atomic E-state index is 11.6. The Kier molecular flexibility index (Phi) is 4.68. The van der Waals surface area contributed by atoms with Crippen molar-refractivity contribution < 1.29 is 9.59 Å². The Morgan fingerprint density at radius 1 is 1.00 bits per heavy atom. The van der Waals surface area contributed by atoms with Gasteiger partial charge in [-0.15, -0.1) is 0 Å². The Morgan fingerprint density at radius 2 is 1.59 bits per heavy atom. The molecule has 0 heterocycles. The van der Waals surface area contributed by atoms with Gasteiger partial charge in [-0.25, -0.2) is 4.79 Å². The molecule has 3 N–H and O–H groups in total. The van der Waals surface area contributed by atoms with E-state index in [0.717, 1.165) is 11.1 Å². The minimum Gasteiger partial charge on any atom is -0.351 e. The van der Waals surface area contributed by atoms with Crippen LogP contribution in [0.1, 0.15) is 5.56 Å². The SMILES string of the molecule is N#C/C(=C/c1ccc(-c2ccccc2)cc1)C(=O)NC(N)=O. The van der Waals surface area contributed by atoms with Crippen molar-refractivity contribution in [3.8, 4) is 17.2 Å². The smallest absolute Gasteiger partial charge is 0.319 e. The van der Waals surface area contributed by atoms with Crippen molar-refractivity contribution in [3.05, 3.63) is 65.7 Å². The number of amides is 3. The van der Waals surface area contributed by atoms with E-state index in [1.54, 1.807) is 18.2 Å². The zero-order valence-corrected chi connectivity index (χ0v) is 11.6. The molecule has 0 unspecified atom stereocenters. The maximum Gasteiger partial charge on any atom is 0.319 e. The highest BCUT2D eigenvalue weighted by atomic mass is 16.2. The van der Waals surface area contributed by atoms with Crippen LogP contribution in [0.15, 0.2) is 60.2 Å². The van der Waals surface area contributed by atoms with Gasteiger partial charge in [-0.05, 0) is 22.8 Å². The van der Waals surface area contributed by atoms with E-state index in [4.69, 9.17) is 11.0 Å². The summed E-state index contributed by atoms with van der Waals surface area (Å²) in [5, 5.41) is 10.8. The molecular formula is C17H13N3O2. The second-order valence-corrected chi connectivity index (χ2v) is 4.48. The molecule has 3 amide bonds. The topological polar surface area (TPSA) is 96.0 Å². The minimum atomic E-state index is -0.995. The highest BCUT2D eigenvalue weighted by molar-refractivity contribution is 6.08. The van der Waals surface area contributed by atoms with E-state index in [-0.39, 0.29) is 5.57 Å². The number of imide groups is 1. The molecule has 5 nitrogen and oxygen atoms in total. The molecule has 0 aromatic heterocycles. The normalized spacial score (nSPS) is 10.6. The molecule has 108 valence electrons. The number of nitrogens with two attached hydrogens (primary N) is 1. The maximum atomic E-state index is 11.6. The summed E-state index contributed by atoms with van der Waals surface area (Å²) in [5.74, 6) is -0.817. The van der Waals surface area contributed by atoms with Crippen molar-refractivity contribution in [2.24, 2.45) is 5.73 Å². The number of urea groups is 1. The molecule has 0 spiro atoms. The molecule has 2 rings (SSSR count). The minimum absolute atomic E-state index is 0.189. The number of carbonyl (C=O) groups is 2. The molecule has 0 saturated heterocycles. The summed E-state index contributed by atoms with van der Waals surface area (Å²) < 4.78 is 0. The third-order valence-corrected chi connectivity index (χ3v) is 2.93. The van der Waals surface area contributed by atoms with Crippen LogP contribution in [0.25, 0.3) is 17.2 Å². The molecular weight excluding hydrogens is 278 g/mol. The fraction of sp³-hybridized carbons (Fsp3) is 0. The van der Waals surface area contributed by atoms with Crippen LogP contribution >= 0.6 is 0 Å². The summed E-state index contributed by atoms with van der Waals surface area (Å²) in [5.41, 5.74) is 7.44. The zero-order valence-electron chi connectivity index (χ0n) is 11.6. The largest absolute Gasteiger partial charge is 0.351 e. The number of carbonyl (C=O) groups excluding carboxylic acids is 2. The molecule has 2 aromatic carbocycles. The number of hydrogen-bond acceptors (Lipinski definition) is 3. The third kappa shape index (κ3) is 3.81. The lowest BCUT2D eigenvalue weighted by molar-refractivity contribution is -0.115. The molecule has 0 atom stereocenters. The monoisotopic (exact) mass is 291 g/mol. The first kappa shape index (κ1) is 15.0. The second-order valence-electron chi connectivity index (χ2n) is 4.48. The lowest BCUT2D eigenvalue weighted by atomic mass is 10.0. The first-order chi connectivity index (χ1) is 10.6. The van der Waals surface area contributed by atoms with E-state index in [0.29, 0.717) is 5.56 Å². The van der Waals surface area contributed by atoms with Gasteiger partial charge >= 0.3 is 6.03 Å². The number of benzene rings is 2. The number of hydrogen-bond donors (Lipinski definition) is 2. The zero-order chi connectivity index (χ0) is 15.9. The first-order valence-corrected chi connectivity index (χ1v) is 6.48. The van der Waals surface area contributed by atoms with E-state index in [2.05, 4.69) is 0 Å². The molecule has 0 aliphatic carbocycles. The lowest BCUT2D eigenvalue weighted by Gasteiger charge is -2.03. The Bertz CT molecular complexity index is 757. The van der Waals surface area contributed by atoms with Crippen LogP contribution in [-0.2, 0) is 4.79 Å². The van der Waals surface area contributed by atoms with Gasteiger partial charge in [0.2, 0.25) is 0 Å². The van der Waals surface area contributed by atoms with Crippen LogP contribution in [0.5, 0.6) is 0 Å². The van der Waals surface area contributed by atoms with Gasteiger partial charge < -0.3 is 5.73 Å². The number of primary amides is 1. The van der Waals surface area contributed by atoms with E-state index in [9.17, 15) is 9.59 Å². The highest BCUT2D eigenvalue weighted by Crippen LogP contribution is 2.20. The van der Waals surface area contributed by atoms with Gasteiger partial charge in [0.25, 0.3) is 5.91 Å². The summed E-state index contributed by atoms with van der Waals surface area (Å²) >= 11 is 0. The molecule has 22 heavy (non-hydrogen) atoms. The average molecular weight is 291 g/mol. The first-order valence-electron chi connectivity index (χ1n) is 6.48. The summed E-state index contributed by atoms with van der Waals surface area (Å²) in [4.78, 5) is 22.2. The van der Waals surface area contributed by atoms with Gasteiger partial charge in [-0.2, -0.15) is 5.26 Å². The summed E-state index contributed by atoms with van der Waals surface area (Å²) in [7, 11) is 0. The molecule has 0 aliphatic heterocycles. The van der Waals surface area contributed by atoms with Gasteiger partial charge in [0.15, 0.2) is 0 Å². The van der Waals surface area contributed by atoms with Gasteiger partial charge in [0.05, 0.1) is 0 Å². The van der Waals surface area contributed by atoms with Gasteiger partial charge in [0.1, 0.15) is 11.6 Å². The van der Waals surface area contributed by atoms with Gasteiger partial charge in [-0.3, -0.25) is 10.1 Å². The standard InChI is InChI=1S/C17H13N3O2/c18-11-15(16(21)20-17(19)22)10-12-6-8-14(9-7-12)13-4-2-1-3-5-13/h1-10H,(H3,19,20,21,22)/b15-10-. The highest BCUT2D eigenvalue weighted by Gasteiger charge is 2.10. The Balaban J connectivity index is 2.23. The summed E-state index contributed by atoms with van der Waals surface area (Å²) in [6.45, 7) is 0. The van der Waals surface area contributed by atoms with Crippen LogP contribution in [0.2, 0.25) is 0 Å². The van der Waals surface area contributed by atoms with E-state index in [1.807, 2.05) is 47.8 Å². The molecule has 2 aromatic rings. The molecule has 0 aliphatic rings. The van der Waals surface area contributed by atoms with Crippen LogP contribution in [0.3, 0.4) is 0 Å². The van der Waals surface area contributed by atoms with Crippen LogP contribution in [-0.4, -0.2) is 11.9 Å².